The lowest BCUT2D eigenvalue weighted by atomic mass is 9.57. The van der Waals surface area contributed by atoms with Crippen molar-refractivity contribution < 1.29 is 29.1 Å². The van der Waals surface area contributed by atoms with Gasteiger partial charge in [0.2, 0.25) is 0 Å². The third kappa shape index (κ3) is 3.46. The normalized spacial score (nSPS) is 23.7. The molecule has 4 aromatic rings. The minimum absolute atomic E-state index is 0.176. The molecule has 2 aliphatic rings. The summed E-state index contributed by atoms with van der Waals surface area (Å²) in [6, 6.07) is 19.8. The maximum atomic E-state index is 10.6. The molecule has 1 N–H and O–H groups in total. The monoisotopic (exact) mass is 542 g/mol. The first-order chi connectivity index (χ1) is 19.0. The van der Waals surface area contributed by atoms with Crippen LogP contribution in [0.1, 0.15) is 54.0 Å². The van der Waals surface area contributed by atoms with Crippen molar-refractivity contribution in [3.63, 3.8) is 0 Å². The highest BCUT2D eigenvalue weighted by atomic mass is 17.3. The molecule has 2 aliphatic heterocycles. The third-order valence-corrected chi connectivity index (χ3v) is 8.55. The molecule has 0 saturated carbocycles. The van der Waals surface area contributed by atoms with E-state index in [1.807, 2.05) is 44.2 Å². The van der Waals surface area contributed by atoms with Gasteiger partial charge in [-0.05, 0) is 65.7 Å². The summed E-state index contributed by atoms with van der Waals surface area (Å²) in [6.07, 6.45) is 0. The van der Waals surface area contributed by atoms with E-state index in [1.54, 1.807) is 12.1 Å². The van der Waals surface area contributed by atoms with Gasteiger partial charge in [-0.25, -0.2) is 4.89 Å². The SMILES string of the molecule is CCOc1ccc2ccccc2c1-c1c(OCC)c([C@]23OCC(C)(C)[C@@]2(C(C)(C)C)OO3)cc2cc(O)ccc12. The molecule has 2 saturated heterocycles. The van der Waals surface area contributed by atoms with Crippen LogP contribution in [0.2, 0.25) is 0 Å². The number of phenols is 1. The Balaban J connectivity index is 1.79. The van der Waals surface area contributed by atoms with Gasteiger partial charge < -0.3 is 19.3 Å². The van der Waals surface area contributed by atoms with E-state index in [9.17, 15) is 5.11 Å². The van der Waals surface area contributed by atoms with E-state index >= 15 is 0 Å². The summed E-state index contributed by atoms with van der Waals surface area (Å²) in [5.74, 6) is 0.373. The minimum atomic E-state index is -1.22. The van der Waals surface area contributed by atoms with Crippen LogP contribution in [0, 0.1) is 10.8 Å². The van der Waals surface area contributed by atoms with Crippen molar-refractivity contribution in [3.05, 3.63) is 66.2 Å². The van der Waals surface area contributed by atoms with Crippen LogP contribution in [0.4, 0.5) is 0 Å². The zero-order valence-electron chi connectivity index (χ0n) is 24.4. The number of fused-ring (bicyclic) bond motifs is 3. The quantitative estimate of drug-likeness (QED) is 0.248. The predicted molar refractivity (Wildman–Crippen MR) is 157 cm³/mol. The number of hydrogen-bond acceptors (Lipinski definition) is 6. The van der Waals surface area contributed by atoms with Gasteiger partial charge in [-0.1, -0.05) is 65.0 Å². The van der Waals surface area contributed by atoms with E-state index in [1.165, 1.54) is 0 Å². The average Bonchev–Trinajstić information content (AvgIpc) is 3.04. The number of phenolic OH excluding ortho intramolecular Hbond substituents is 1. The Labute approximate surface area is 235 Å². The maximum absolute atomic E-state index is 10.6. The highest BCUT2D eigenvalue weighted by Gasteiger charge is 2.82. The van der Waals surface area contributed by atoms with Crippen LogP contribution in [0.15, 0.2) is 60.7 Å². The highest BCUT2D eigenvalue weighted by molar-refractivity contribution is 6.10. The predicted octanol–water partition coefficient (Wildman–Crippen LogP) is 8.12. The molecule has 0 aliphatic carbocycles. The fraction of sp³-hybridized carbons (Fsp3) is 0.412. The van der Waals surface area contributed by atoms with Gasteiger partial charge in [0.15, 0.2) is 5.60 Å². The molecule has 2 fully saturated rings. The molecule has 6 heteroatoms. The summed E-state index contributed by atoms with van der Waals surface area (Å²) >= 11 is 0. The second-order valence-electron chi connectivity index (χ2n) is 12.4. The number of hydrogen-bond donors (Lipinski definition) is 1. The smallest absolute Gasteiger partial charge is 0.265 e. The Morgan fingerprint density at radius 1 is 0.825 bits per heavy atom. The fourth-order valence-electron chi connectivity index (χ4n) is 7.16. The molecule has 0 aromatic heterocycles. The molecule has 0 radical (unpaired) electrons. The molecule has 4 aromatic carbocycles. The molecule has 6 nitrogen and oxygen atoms in total. The van der Waals surface area contributed by atoms with Crippen LogP contribution < -0.4 is 9.47 Å². The summed E-state index contributed by atoms with van der Waals surface area (Å²) in [5.41, 5.74) is 1.02. The van der Waals surface area contributed by atoms with E-state index in [0.29, 0.717) is 25.6 Å². The molecule has 6 rings (SSSR count). The van der Waals surface area contributed by atoms with E-state index in [4.69, 9.17) is 24.0 Å². The van der Waals surface area contributed by atoms with Crippen molar-refractivity contribution in [1.29, 1.82) is 0 Å². The van der Waals surface area contributed by atoms with Crippen molar-refractivity contribution in [1.82, 2.24) is 0 Å². The molecule has 0 spiro atoms. The van der Waals surface area contributed by atoms with Crippen molar-refractivity contribution in [2.24, 2.45) is 10.8 Å². The van der Waals surface area contributed by atoms with Gasteiger partial charge >= 0.3 is 0 Å². The first-order valence-corrected chi connectivity index (χ1v) is 14.1. The van der Waals surface area contributed by atoms with Crippen molar-refractivity contribution in [2.75, 3.05) is 19.8 Å². The zero-order chi connectivity index (χ0) is 28.5. The van der Waals surface area contributed by atoms with Gasteiger partial charge in [0.05, 0.1) is 25.4 Å². The van der Waals surface area contributed by atoms with Crippen LogP contribution in [-0.2, 0) is 20.3 Å². The van der Waals surface area contributed by atoms with Crippen LogP contribution in [0.3, 0.4) is 0 Å². The lowest BCUT2D eigenvalue weighted by Crippen LogP contribution is -2.73. The number of ether oxygens (including phenoxy) is 3. The van der Waals surface area contributed by atoms with E-state index in [2.05, 4.69) is 52.8 Å². The first-order valence-electron chi connectivity index (χ1n) is 14.1. The molecule has 2 atom stereocenters. The summed E-state index contributed by atoms with van der Waals surface area (Å²) < 4.78 is 19.5. The van der Waals surface area contributed by atoms with Crippen molar-refractivity contribution >= 4 is 21.5 Å². The van der Waals surface area contributed by atoms with Crippen LogP contribution in [-0.4, -0.2) is 30.5 Å². The van der Waals surface area contributed by atoms with E-state index in [0.717, 1.165) is 44.0 Å². The standard InChI is InChI=1S/C34H38O6/c1-8-36-27-17-14-21-12-10-11-13-24(21)28(27)29-25-16-15-23(35)18-22(25)19-26(30(29)37-9-2)33-34(40-39-33,31(3,4)5)32(6,7)20-38-33/h10-19,35H,8-9,20H2,1-7H3/t33-,34-/m1/s1. The Bertz CT molecular complexity index is 1620. The average molecular weight is 543 g/mol. The van der Waals surface area contributed by atoms with Gasteiger partial charge in [0.25, 0.3) is 5.79 Å². The summed E-state index contributed by atoms with van der Waals surface area (Å²) in [6.45, 7) is 16.2. The number of rotatable bonds is 6. The second kappa shape index (κ2) is 9.10. The van der Waals surface area contributed by atoms with Crippen LogP contribution >= 0.6 is 0 Å². The van der Waals surface area contributed by atoms with Gasteiger partial charge in [0.1, 0.15) is 17.2 Å². The minimum Gasteiger partial charge on any atom is -0.508 e. The van der Waals surface area contributed by atoms with Crippen LogP contribution in [0.25, 0.3) is 32.7 Å². The lowest BCUT2D eigenvalue weighted by molar-refractivity contribution is -0.626. The van der Waals surface area contributed by atoms with Gasteiger partial charge in [0, 0.05) is 22.0 Å². The highest BCUT2D eigenvalue weighted by Crippen LogP contribution is 2.70. The summed E-state index contributed by atoms with van der Waals surface area (Å²) in [4.78, 5) is 12.3. The van der Waals surface area contributed by atoms with Crippen molar-refractivity contribution in [3.8, 4) is 28.4 Å². The van der Waals surface area contributed by atoms with E-state index in [-0.39, 0.29) is 16.6 Å². The first kappa shape index (κ1) is 26.9. The number of benzene rings is 4. The van der Waals surface area contributed by atoms with Crippen molar-refractivity contribution in [2.45, 2.75) is 59.9 Å². The Hall–Kier alpha value is -3.32. The fourth-order valence-corrected chi connectivity index (χ4v) is 7.16. The molecule has 0 amide bonds. The molecule has 0 bridgehead atoms. The second-order valence-corrected chi connectivity index (χ2v) is 12.4. The van der Waals surface area contributed by atoms with Gasteiger partial charge in [-0.3, -0.25) is 0 Å². The lowest BCUT2D eigenvalue weighted by Gasteiger charge is -2.61. The molecule has 40 heavy (non-hydrogen) atoms. The maximum Gasteiger partial charge on any atom is 0.265 e. The zero-order valence-corrected chi connectivity index (χ0v) is 24.4. The van der Waals surface area contributed by atoms with Crippen LogP contribution in [0.5, 0.6) is 17.2 Å². The number of aromatic hydroxyl groups is 1. The Kier molecular flexibility index (Phi) is 6.11. The Morgan fingerprint density at radius 3 is 2.23 bits per heavy atom. The molecule has 210 valence electrons. The molecule has 2 heterocycles. The third-order valence-electron chi connectivity index (χ3n) is 8.55. The van der Waals surface area contributed by atoms with Gasteiger partial charge in [-0.15, -0.1) is 0 Å². The molecule has 0 unspecified atom stereocenters. The Morgan fingerprint density at radius 2 is 1.55 bits per heavy atom. The molecular weight excluding hydrogens is 504 g/mol. The van der Waals surface area contributed by atoms with Gasteiger partial charge in [-0.2, -0.15) is 4.89 Å². The topological polar surface area (TPSA) is 66.4 Å². The summed E-state index contributed by atoms with van der Waals surface area (Å²) in [5, 5.41) is 14.5. The summed E-state index contributed by atoms with van der Waals surface area (Å²) in [7, 11) is 0. The molecular formula is C34H38O6. The van der Waals surface area contributed by atoms with E-state index < -0.39 is 11.4 Å². The largest absolute Gasteiger partial charge is 0.508 e.